The Labute approximate surface area is 177 Å². The number of rotatable bonds is 5. The number of hydrogen-bond acceptors (Lipinski definition) is 5. The predicted molar refractivity (Wildman–Crippen MR) is 112 cm³/mol. The lowest BCUT2D eigenvalue weighted by Gasteiger charge is -2.09. The van der Waals surface area contributed by atoms with Crippen molar-refractivity contribution < 1.29 is 9.64 Å². The zero-order valence-corrected chi connectivity index (χ0v) is 17.4. The van der Waals surface area contributed by atoms with E-state index < -0.39 is 0 Å². The van der Waals surface area contributed by atoms with Gasteiger partial charge in [-0.05, 0) is 29.8 Å². The molecule has 0 N–H and O–H groups in total. The fourth-order valence-electron chi connectivity index (χ4n) is 2.93. The van der Waals surface area contributed by atoms with Crippen molar-refractivity contribution in [1.29, 1.82) is 0 Å². The maximum absolute atomic E-state index is 12.6. The lowest BCUT2D eigenvalue weighted by Crippen LogP contribution is -2.29. The monoisotopic (exact) mass is 424 g/mol. The third kappa shape index (κ3) is 3.97. The normalized spacial score (nSPS) is 11.1. The molecule has 2 aliphatic rings. The van der Waals surface area contributed by atoms with Crippen LogP contribution in [0.15, 0.2) is 59.9 Å². The summed E-state index contributed by atoms with van der Waals surface area (Å²) in [4.78, 5) is 17.6. The summed E-state index contributed by atoms with van der Waals surface area (Å²) < 4.78 is 1.89. The van der Waals surface area contributed by atoms with Gasteiger partial charge in [0.25, 0.3) is 0 Å². The molecule has 0 atom stereocenters. The Morgan fingerprint density at radius 3 is 2.41 bits per heavy atom. The maximum atomic E-state index is 12.6. The topological polar surface area (TPSA) is 74.7 Å². The van der Waals surface area contributed by atoms with Gasteiger partial charge in [-0.1, -0.05) is 52.5 Å². The van der Waals surface area contributed by atoms with Crippen LogP contribution < -0.4 is 4.85 Å². The highest BCUT2D eigenvalue weighted by Crippen LogP contribution is 2.26. The zero-order chi connectivity index (χ0) is 20.5. The van der Waals surface area contributed by atoms with E-state index in [9.17, 15) is 10.0 Å². The number of thioether (sulfide) groups is 1. The Morgan fingerprint density at radius 1 is 1.14 bits per heavy atom. The van der Waals surface area contributed by atoms with Crippen LogP contribution in [0.25, 0.3) is 11.4 Å². The summed E-state index contributed by atoms with van der Waals surface area (Å²) in [6.07, 6.45) is 1.87. The van der Waals surface area contributed by atoms with Gasteiger partial charge < -0.3 is 9.77 Å². The molecule has 0 aliphatic carbocycles. The van der Waals surface area contributed by atoms with Crippen LogP contribution in [0, 0.1) is 12.1 Å². The van der Waals surface area contributed by atoms with Crippen molar-refractivity contribution in [1.82, 2.24) is 14.6 Å². The van der Waals surface area contributed by atoms with Crippen molar-refractivity contribution in [3.8, 4) is 11.4 Å². The van der Waals surface area contributed by atoms with Crippen molar-refractivity contribution >= 4 is 29.1 Å². The fraction of sp³-hybridized carbons (Fsp3) is 0.143. The van der Waals surface area contributed by atoms with Gasteiger partial charge in [-0.15, -0.1) is 0 Å². The van der Waals surface area contributed by atoms with E-state index in [4.69, 9.17) is 11.6 Å². The van der Waals surface area contributed by atoms with Crippen molar-refractivity contribution in [2.24, 2.45) is 7.05 Å². The lowest BCUT2D eigenvalue weighted by molar-refractivity contribution is -0.669. The van der Waals surface area contributed by atoms with Gasteiger partial charge in [0.05, 0.1) is 0 Å². The molecule has 0 saturated carbocycles. The van der Waals surface area contributed by atoms with E-state index in [0.717, 1.165) is 16.3 Å². The van der Waals surface area contributed by atoms with E-state index in [1.807, 2.05) is 42.1 Å². The molecule has 146 valence electrons. The summed E-state index contributed by atoms with van der Waals surface area (Å²) in [5.41, 5.74) is 3.59. The summed E-state index contributed by atoms with van der Waals surface area (Å²) in [6, 6.07) is 14.4. The second-order valence-corrected chi connectivity index (χ2v) is 8.03. The number of halogens is 1. The standard InChI is InChI=1S/C21H17ClN4O2S/c1-13-18-11-25(2)21(23-20(18)24-26(13)28)29-12-14-3-5-15(6-4-14)19(27)16-7-9-17(22)10-8-16/h3-11H,12H2,1-2H3. The first-order chi connectivity index (χ1) is 13.9. The molecule has 0 saturated heterocycles. The number of carbonyl (C=O) groups excluding carboxylic acids is 1. The molecule has 0 aromatic heterocycles. The molecular formula is C21H17ClN4O2S. The van der Waals surface area contributed by atoms with E-state index in [2.05, 4.69) is 10.1 Å². The molecule has 0 spiro atoms. The molecule has 29 heavy (non-hydrogen) atoms. The number of aryl methyl sites for hydroxylation is 1. The minimum Gasteiger partial charge on any atom is -0.594 e. The number of hydrogen-bond donors (Lipinski definition) is 0. The van der Waals surface area contributed by atoms with Gasteiger partial charge in [0.15, 0.2) is 10.9 Å². The van der Waals surface area contributed by atoms with Crippen LogP contribution >= 0.6 is 23.4 Å². The smallest absolute Gasteiger partial charge is 0.238 e. The Balaban J connectivity index is 1.48. The van der Waals surface area contributed by atoms with Crippen LogP contribution in [0.2, 0.25) is 5.02 Å². The van der Waals surface area contributed by atoms with Crippen LogP contribution in [0.1, 0.15) is 27.2 Å². The summed E-state index contributed by atoms with van der Waals surface area (Å²) >= 11 is 7.42. The van der Waals surface area contributed by atoms with E-state index >= 15 is 0 Å². The van der Waals surface area contributed by atoms with Gasteiger partial charge in [-0.3, -0.25) is 4.79 Å². The van der Waals surface area contributed by atoms with Gasteiger partial charge in [0.1, 0.15) is 5.56 Å². The summed E-state index contributed by atoms with van der Waals surface area (Å²) in [7, 11) is 1.89. The quantitative estimate of drug-likeness (QED) is 0.159. The average molecular weight is 425 g/mol. The minimum atomic E-state index is -0.0389. The van der Waals surface area contributed by atoms with E-state index in [1.165, 1.54) is 0 Å². The maximum Gasteiger partial charge on any atom is 0.238 e. The highest BCUT2D eigenvalue weighted by molar-refractivity contribution is 7.98. The molecule has 8 heteroatoms. The van der Waals surface area contributed by atoms with Crippen molar-refractivity contribution in [2.75, 3.05) is 0 Å². The number of nitrogens with zero attached hydrogens (tertiary/aromatic N) is 4. The van der Waals surface area contributed by atoms with Gasteiger partial charge >= 0.3 is 0 Å². The number of benzene rings is 2. The van der Waals surface area contributed by atoms with Gasteiger partial charge in [0.2, 0.25) is 11.5 Å². The highest BCUT2D eigenvalue weighted by Gasteiger charge is 2.22. The first kappa shape index (κ1) is 19.4. The van der Waals surface area contributed by atoms with Crippen LogP contribution in [0.4, 0.5) is 0 Å². The molecule has 2 aliphatic heterocycles. The van der Waals surface area contributed by atoms with Crippen LogP contribution in [-0.2, 0) is 12.8 Å². The molecule has 4 rings (SSSR count). The SMILES string of the molecule is Cc1c2cn(C)c(SCc3ccc(C(=O)c4ccc(Cl)cc4)cc3)nc-2n[n+]1[O-]. The molecular weight excluding hydrogens is 408 g/mol. The summed E-state index contributed by atoms with van der Waals surface area (Å²) in [5.74, 6) is 1.09. The average Bonchev–Trinajstić information content (AvgIpc) is 3.00. The summed E-state index contributed by atoms with van der Waals surface area (Å²) in [6.45, 7) is 1.73. The van der Waals surface area contributed by atoms with Crippen LogP contribution in [0.5, 0.6) is 0 Å². The minimum absolute atomic E-state index is 0.0389. The third-order valence-electron chi connectivity index (χ3n) is 4.62. The zero-order valence-electron chi connectivity index (χ0n) is 15.8. The Kier molecular flexibility index (Phi) is 5.25. The molecule has 0 radical (unpaired) electrons. The molecule has 2 heterocycles. The Hall–Kier alpha value is -2.90. The molecule has 2 aromatic rings. The van der Waals surface area contributed by atoms with E-state index in [0.29, 0.717) is 38.3 Å². The second-order valence-electron chi connectivity index (χ2n) is 6.65. The van der Waals surface area contributed by atoms with E-state index in [-0.39, 0.29) is 5.78 Å². The number of fused-ring (bicyclic) bond motifs is 1. The summed E-state index contributed by atoms with van der Waals surface area (Å²) in [5, 5.41) is 16.9. The lowest BCUT2D eigenvalue weighted by atomic mass is 10.0. The first-order valence-corrected chi connectivity index (χ1v) is 10.2. The molecule has 0 unspecified atom stereocenters. The number of ketones is 1. The predicted octanol–water partition coefficient (Wildman–Crippen LogP) is 4.04. The van der Waals surface area contributed by atoms with Crippen LogP contribution in [-0.4, -0.2) is 20.4 Å². The second kappa shape index (κ2) is 7.85. The van der Waals surface area contributed by atoms with Gasteiger partial charge in [0, 0.05) is 47.2 Å². The molecule has 2 aromatic carbocycles. The first-order valence-electron chi connectivity index (χ1n) is 8.88. The van der Waals surface area contributed by atoms with Gasteiger partial charge in [-0.25, -0.2) is 0 Å². The molecule has 0 amide bonds. The number of carbonyl (C=O) groups is 1. The Morgan fingerprint density at radius 2 is 1.76 bits per heavy atom. The Bertz CT molecular complexity index is 1160. The van der Waals surface area contributed by atoms with Crippen molar-refractivity contribution in [2.45, 2.75) is 17.8 Å². The molecule has 0 fully saturated rings. The third-order valence-corrected chi connectivity index (χ3v) is 5.99. The van der Waals surface area contributed by atoms with Crippen molar-refractivity contribution in [3.63, 3.8) is 0 Å². The molecule has 0 bridgehead atoms. The fourth-order valence-corrected chi connectivity index (χ4v) is 3.96. The highest BCUT2D eigenvalue weighted by atomic mass is 35.5. The van der Waals surface area contributed by atoms with Crippen LogP contribution in [0.3, 0.4) is 0 Å². The van der Waals surface area contributed by atoms with Gasteiger partial charge in [-0.2, -0.15) is 4.98 Å². The number of aromatic nitrogens is 4. The largest absolute Gasteiger partial charge is 0.594 e. The molecule has 6 nitrogen and oxygen atoms in total. The van der Waals surface area contributed by atoms with E-state index in [1.54, 1.807) is 43.0 Å². The van der Waals surface area contributed by atoms with Crippen molar-refractivity contribution in [3.05, 3.63) is 87.3 Å².